The van der Waals surface area contributed by atoms with Crippen LogP contribution in [0.5, 0.6) is 11.5 Å². The highest BCUT2D eigenvalue weighted by Crippen LogP contribution is 2.71. The molecule has 4 aliphatic rings. The SMILES string of the molecule is O=P(O)(O)Oc1c2c(c(OP(=O)(O)O)c3c1[C@H]1C[C@@H]3c3cc4ccccc4cc31)[C@H]1C[C@@H]2c2cc3ccccc3cc21. The molecule has 9 rings (SSSR count). The third-order valence-electron chi connectivity index (χ3n) is 9.72. The monoisotopic (exact) mass is 598 g/mol. The molecule has 0 amide bonds. The van der Waals surface area contributed by atoms with E-state index < -0.39 is 15.6 Å². The molecule has 0 heterocycles. The van der Waals surface area contributed by atoms with Crippen LogP contribution in [0.1, 0.15) is 81.0 Å². The molecular formula is C32H24O8P2. The van der Waals surface area contributed by atoms with Gasteiger partial charge in [-0.3, -0.25) is 19.6 Å². The first-order valence-corrected chi connectivity index (χ1v) is 16.9. The summed E-state index contributed by atoms with van der Waals surface area (Å²) in [5.74, 6) is -0.749. The highest BCUT2D eigenvalue weighted by molar-refractivity contribution is 7.47. The van der Waals surface area contributed by atoms with Crippen LogP contribution in [0.4, 0.5) is 0 Å². The van der Waals surface area contributed by atoms with E-state index in [0.29, 0.717) is 35.1 Å². The largest absolute Gasteiger partial charge is 0.524 e. The minimum atomic E-state index is -4.99. The van der Waals surface area contributed by atoms with Crippen LogP contribution in [0, 0.1) is 0 Å². The quantitative estimate of drug-likeness (QED) is 0.164. The van der Waals surface area contributed by atoms with Crippen molar-refractivity contribution in [3.05, 3.63) is 117 Å². The Balaban J connectivity index is 1.36. The number of hydrogen-bond donors (Lipinski definition) is 4. The van der Waals surface area contributed by atoms with Gasteiger partial charge in [-0.1, -0.05) is 72.8 Å². The van der Waals surface area contributed by atoms with Crippen LogP contribution < -0.4 is 9.05 Å². The van der Waals surface area contributed by atoms with Gasteiger partial charge in [-0.25, -0.2) is 9.13 Å². The Kier molecular flexibility index (Phi) is 4.84. The minimum Gasteiger partial charge on any atom is -0.404 e. The van der Waals surface area contributed by atoms with Crippen molar-refractivity contribution in [3.63, 3.8) is 0 Å². The number of hydrogen-bond acceptors (Lipinski definition) is 4. The zero-order valence-electron chi connectivity index (χ0n) is 22.0. The Hall–Kier alpha value is -3.48. The third kappa shape index (κ3) is 3.39. The molecule has 0 saturated carbocycles. The average molecular weight is 598 g/mol. The molecule has 4 N–H and O–H groups in total. The van der Waals surface area contributed by atoms with Crippen molar-refractivity contribution < 1.29 is 37.8 Å². The lowest BCUT2D eigenvalue weighted by molar-refractivity contribution is 0.275. The van der Waals surface area contributed by atoms with E-state index in [1.165, 1.54) is 0 Å². The van der Waals surface area contributed by atoms with Crippen molar-refractivity contribution in [1.82, 2.24) is 0 Å². The Morgan fingerprint density at radius 3 is 1.00 bits per heavy atom. The normalized spacial score (nSPS) is 22.8. The molecular weight excluding hydrogens is 574 g/mol. The molecule has 0 aromatic heterocycles. The van der Waals surface area contributed by atoms with Gasteiger partial charge in [-0.05, 0) is 56.6 Å². The summed E-state index contributed by atoms with van der Waals surface area (Å²) < 4.78 is 36.2. The Morgan fingerprint density at radius 2 is 0.762 bits per heavy atom. The van der Waals surface area contributed by atoms with E-state index in [0.717, 1.165) is 43.8 Å². The average Bonchev–Trinajstić information content (AvgIpc) is 3.69. The van der Waals surface area contributed by atoms with Gasteiger partial charge in [0.05, 0.1) is 0 Å². The standard InChI is InChI=1S/C32H24O8P2/c33-41(34,35)39-31-27-23-13-24(20-10-16-6-2-1-5-15(16)9-19(20)23)28(27)32(40-42(36,37)38)30-26-14-25(29(30)31)21-11-17-7-3-4-8-18(17)12-22(21)26/h1-12,23-26H,13-14H2,(H2,33,34,35)(H2,36,37,38)/t23-,24+,25+,26-. The molecule has 0 aliphatic heterocycles. The van der Waals surface area contributed by atoms with Gasteiger partial charge in [0.25, 0.3) is 0 Å². The molecule has 0 fully saturated rings. The second-order valence-electron chi connectivity index (χ2n) is 11.8. The van der Waals surface area contributed by atoms with Crippen LogP contribution in [0.2, 0.25) is 0 Å². The van der Waals surface area contributed by atoms with Gasteiger partial charge in [0.2, 0.25) is 0 Å². The summed E-state index contributed by atoms with van der Waals surface area (Å²) in [6.45, 7) is 0. The van der Waals surface area contributed by atoms with Crippen molar-refractivity contribution >= 4 is 37.2 Å². The van der Waals surface area contributed by atoms with E-state index in [-0.39, 0.29) is 35.2 Å². The summed E-state index contributed by atoms with van der Waals surface area (Å²) in [6.07, 6.45) is 1.20. The van der Waals surface area contributed by atoms with Crippen LogP contribution in [-0.2, 0) is 9.13 Å². The lowest BCUT2D eigenvalue weighted by Crippen LogP contribution is -2.15. The van der Waals surface area contributed by atoms with E-state index in [1.54, 1.807) is 0 Å². The number of rotatable bonds is 4. The molecule has 8 nitrogen and oxygen atoms in total. The van der Waals surface area contributed by atoms with Crippen LogP contribution in [0.15, 0.2) is 72.8 Å². The molecule has 4 atom stereocenters. The van der Waals surface area contributed by atoms with Gasteiger partial charge in [-0.15, -0.1) is 0 Å². The van der Waals surface area contributed by atoms with Gasteiger partial charge in [0.1, 0.15) is 11.5 Å². The number of fused-ring (bicyclic) bond motifs is 18. The summed E-state index contributed by atoms with van der Waals surface area (Å²) in [4.78, 5) is 40.5. The van der Waals surface area contributed by atoms with Crippen molar-refractivity contribution in [2.24, 2.45) is 0 Å². The molecule has 0 unspecified atom stereocenters. The summed E-state index contributed by atoms with van der Waals surface area (Å²) >= 11 is 0. The minimum absolute atomic E-state index is 0.143. The molecule has 4 bridgehead atoms. The fourth-order valence-corrected chi connectivity index (χ4v) is 9.30. The van der Waals surface area contributed by atoms with E-state index in [1.807, 2.05) is 48.5 Å². The first-order valence-electron chi connectivity index (χ1n) is 13.8. The van der Waals surface area contributed by atoms with Gasteiger partial charge in [0.15, 0.2) is 0 Å². The molecule has 10 heteroatoms. The molecule has 42 heavy (non-hydrogen) atoms. The first-order chi connectivity index (χ1) is 20.1. The predicted octanol–water partition coefficient (Wildman–Crippen LogP) is 6.90. The smallest absolute Gasteiger partial charge is 0.404 e. The number of phosphoric ester groups is 2. The Morgan fingerprint density at radius 1 is 0.500 bits per heavy atom. The second-order valence-corrected chi connectivity index (χ2v) is 14.1. The topological polar surface area (TPSA) is 134 Å². The van der Waals surface area contributed by atoms with E-state index in [4.69, 9.17) is 9.05 Å². The Bertz CT molecular complexity index is 1870. The van der Waals surface area contributed by atoms with Gasteiger partial charge in [-0.2, -0.15) is 0 Å². The summed E-state index contributed by atoms with van der Waals surface area (Å²) in [6, 6.07) is 24.4. The van der Waals surface area contributed by atoms with Gasteiger partial charge < -0.3 is 9.05 Å². The molecule has 0 saturated heterocycles. The highest BCUT2D eigenvalue weighted by Gasteiger charge is 2.54. The lowest BCUT2D eigenvalue weighted by atomic mass is 9.77. The van der Waals surface area contributed by atoms with Crippen LogP contribution in [-0.4, -0.2) is 19.6 Å². The van der Waals surface area contributed by atoms with Crippen molar-refractivity contribution in [2.75, 3.05) is 0 Å². The van der Waals surface area contributed by atoms with Crippen LogP contribution in [0.3, 0.4) is 0 Å². The maximum Gasteiger partial charge on any atom is 0.524 e. The van der Waals surface area contributed by atoms with Gasteiger partial charge >= 0.3 is 15.6 Å². The van der Waals surface area contributed by atoms with E-state index in [9.17, 15) is 28.7 Å². The molecule has 210 valence electrons. The maximum absolute atomic E-state index is 12.5. The van der Waals surface area contributed by atoms with Crippen molar-refractivity contribution in [1.29, 1.82) is 0 Å². The van der Waals surface area contributed by atoms with Crippen molar-refractivity contribution in [3.8, 4) is 11.5 Å². The summed E-state index contributed by atoms with van der Waals surface area (Å²) in [5.41, 5.74) is 6.45. The number of benzene rings is 5. The molecule has 0 radical (unpaired) electrons. The number of phosphoric acid groups is 2. The summed E-state index contributed by atoms with van der Waals surface area (Å²) in [7, 11) is -9.99. The summed E-state index contributed by atoms with van der Waals surface area (Å²) in [5, 5.41) is 4.21. The molecule has 5 aromatic carbocycles. The van der Waals surface area contributed by atoms with Crippen LogP contribution in [0.25, 0.3) is 21.5 Å². The Labute approximate surface area is 240 Å². The zero-order valence-corrected chi connectivity index (χ0v) is 23.8. The van der Waals surface area contributed by atoms with Crippen molar-refractivity contribution in [2.45, 2.75) is 36.5 Å². The fourth-order valence-electron chi connectivity index (χ4n) is 8.43. The molecule has 4 aliphatic carbocycles. The maximum atomic E-state index is 12.5. The van der Waals surface area contributed by atoms with E-state index >= 15 is 0 Å². The molecule has 0 spiro atoms. The first kappa shape index (κ1) is 25.1. The molecule has 5 aromatic rings. The third-order valence-corrected chi connectivity index (χ3v) is 10.6. The second kappa shape index (κ2) is 8.12. The van der Waals surface area contributed by atoms with Gasteiger partial charge in [0, 0.05) is 45.9 Å². The lowest BCUT2D eigenvalue weighted by Gasteiger charge is -2.32. The van der Waals surface area contributed by atoms with Crippen LogP contribution >= 0.6 is 15.6 Å². The zero-order chi connectivity index (χ0) is 28.7. The fraction of sp³-hybridized carbons (Fsp3) is 0.188. The van der Waals surface area contributed by atoms with E-state index in [2.05, 4.69) is 24.3 Å². The highest BCUT2D eigenvalue weighted by atomic mass is 31.2. The predicted molar refractivity (Wildman–Crippen MR) is 156 cm³/mol.